The molecule has 2 aromatic rings. The van der Waals surface area contributed by atoms with Crippen LogP contribution >= 0.6 is 46.2 Å². The molecule has 1 fully saturated rings. The zero-order valence-electron chi connectivity index (χ0n) is 17.2. The van der Waals surface area contributed by atoms with Gasteiger partial charge in [0.05, 0.1) is 0 Å². The van der Waals surface area contributed by atoms with Gasteiger partial charge >= 0.3 is 5.97 Å². The summed E-state index contributed by atoms with van der Waals surface area (Å²) in [5.74, 6) is -1.61. The van der Waals surface area contributed by atoms with Crippen molar-refractivity contribution in [2.45, 2.75) is 22.7 Å². The lowest BCUT2D eigenvalue weighted by molar-refractivity contribution is -0.150. The van der Waals surface area contributed by atoms with Crippen LogP contribution in [0.4, 0.5) is 5.13 Å². The number of nitrogens with zero attached hydrogens (tertiary/aromatic N) is 5. The standard InChI is InChI=1S/C17H17N7O5S4/c1-6-21-22-17(33-6)32-4-7-3-30-14-10(13(26)24(14)11(7)15(27)28)20-12(25)9(23-29-2)8-5-31-16(18)19-8/h5,10,14H,3-4H2,1-2H3,(H2,18,19)(H,20,25)(H,27,28)/b23-9+. The first-order valence-electron chi connectivity index (χ1n) is 9.26. The number of aliphatic carboxylic acids is 1. The van der Waals surface area contributed by atoms with Crippen molar-refractivity contribution in [2.75, 3.05) is 24.3 Å². The van der Waals surface area contributed by atoms with Gasteiger partial charge in [0.25, 0.3) is 11.8 Å². The highest BCUT2D eigenvalue weighted by atomic mass is 32.2. The number of oxime groups is 1. The maximum Gasteiger partial charge on any atom is 0.352 e. The number of thioether (sulfide) groups is 2. The van der Waals surface area contributed by atoms with Crippen LogP contribution in [-0.2, 0) is 19.2 Å². The van der Waals surface area contributed by atoms with Gasteiger partial charge in [-0.2, -0.15) is 0 Å². The second-order valence-electron chi connectivity index (χ2n) is 6.69. The van der Waals surface area contributed by atoms with Crippen LogP contribution in [0.2, 0.25) is 0 Å². The molecule has 0 bridgehead atoms. The Hall–Kier alpha value is -2.69. The lowest BCUT2D eigenvalue weighted by atomic mass is 10.0. The van der Waals surface area contributed by atoms with Gasteiger partial charge in [-0.3, -0.25) is 14.5 Å². The summed E-state index contributed by atoms with van der Waals surface area (Å²) in [6, 6.07) is -0.907. The van der Waals surface area contributed by atoms with Crippen LogP contribution in [0.5, 0.6) is 0 Å². The summed E-state index contributed by atoms with van der Waals surface area (Å²) in [5.41, 5.74) is 6.27. The Bertz CT molecular complexity index is 1180. The Morgan fingerprint density at radius 1 is 1.45 bits per heavy atom. The third-order valence-electron chi connectivity index (χ3n) is 4.58. The lowest BCUT2D eigenvalue weighted by Gasteiger charge is -2.49. The van der Waals surface area contributed by atoms with E-state index in [0.29, 0.717) is 17.1 Å². The van der Waals surface area contributed by atoms with Crippen LogP contribution in [0, 0.1) is 6.92 Å². The van der Waals surface area contributed by atoms with Crippen molar-refractivity contribution in [3.8, 4) is 0 Å². The predicted octanol–water partition coefficient (Wildman–Crippen LogP) is 0.767. The smallest absolute Gasteiger partial charge is 0.352 e. The van der Waals surface area contributed by atoms with Gasteiger partial charge in [-0.1, -0.05) is 28.3 Å². The fourth-order valence-corrected chi connectivity index (χ4v) is 7.03. The molecule has 4 N–H and O–H groups in total. The van der Waals surface area contributed by atoms with Gasteiger partial charge < -0.3 is 21.0 Å². The molecule has 0 spiro atoms. The summed E-state index contributed by atoms with van der Waals surface area (Å²) in [4.78, 5) is 47.6. The van der Waals surface area contributed by atoms with Gasteiger partial charge in [-0.15, -0.1) is 33.3 Å². The first-order valence-corrected chi connectivity index (χ1v) is 13.0. The number of hydrogen-bond donors (Lipinski definition) is 3. The number of carboxylic acids is 1. The minimum absolute atomic E-state index is 0.0546. The summed E-state index contributed by atoms with van der Waals surface area (Å²) in [5, 5.41) is 26.2. The third kappa shape index (κ3) is 4.68. The number of carbonyl (C=O) groups is 3. The zero-order valence-corrected chi connectivity index (χ0v) is 20.4. The van der Waals surface area contributed by atoms with Crippen molar-refractivity contribution in [1.29, 1.82) is 0 Å². The quantitative estimate of drug-likeness (QED) is 0.191. The summed E-state index contributed by atoms with van der Waals surface area (Å²) < 4.78 is 0.726. The van der Waals surface area contributed by atoms with E-state index < -0.39 is 29.2 Å². The number of nitrogens with two attached hydrogens (primary N) is 1. The largest absolute Gasteiger partial charge is 0.477 e. The Labute approximate surface area is 203 Å². The van der Waals surface area contributed by atoms with E-state index in [0.717, 1.165) is 20.7 Å². The number of thiazole rings is 1. The van der Waals surface area contributed by atoms with Crippen LogP contribution in [0.3, 0.4) is 0 Å². The minimum Gasteiger partial charge on any atom is -0.477 e. The van der Waals surface area contributed by atoms with Crippen molar-refractivity contribution in [3.63, 3.8) is 0 Å². The molecule has 4 rings (SSSR count). The maximum atomic E-state index is 12.9. The molecule has 2 amide bonds. The number of β-lactam (4-membered cyclic amide) rings is 1. The van der Waals surface area contributed by atoms with Crippen LogP contribution in [-0.4, -0.2) is 78.7 Å². The van der Waals surface area contributed by atoms with E-state index in [1.807, 2.05) is 6.92 Å². The fraction of sp³-hybridized carbons (Fsp3) is 0.353. The molecule has 2 aliphatic rings. The van der Waals surface area contributed by atoms with E-state index >= 15 is 0 Å². The topological polar surface area (TPSA) is 173 Å². The first kappa shape index (κ1) is 23.5. The van der Waals surface area contributed by atoms with Crippen molar-refractivity contribution >= 4 is 74.8 Å². The number of fused-ring (bicyclic) bond motifs is 1. The van der Waals surface area contributed by atoms with Crippen LogP contribution < -0.4 is 11.1 Å². The number of carbonyl (C=O) groups excluding carboxylic acids is 2. The molecule has 0 radical (unpaired) electrons. The molecule has 2 aromatic heterocycles. The predicted molar refractivity (Wildman–Crippen MR) is 125 cm³/mol. The number of carboxylic acid groups (broad SMARTS) is 1. The number of aryl methyl sites for hydroxylation is 1. The zero-order chi connectivity index (χ0) is 23.7. The number of rotatable bonds is 8. The fourth-order valence-electron chi connectivity index (χ4n) is 3.18. The Morgan fingerprint density at radius 3 is 2.85 bits per heavy atom. The molecular weight excluding hydrogens is 510 g/mol. The molecule has 2 unspecified atom stereocenters. The van der Waals surface area contributed by atoms with Crippen molar-refractivity contribution in [2.24, 2.45) is 5.16 Å². The molecule has 0 saturated carbocycles. The van der Waals surface area contributed by atoms with Crippen molar-refractivity contribution in [3.05, 3.63) is 27.4 Å². The van der Waals surface area contributed by atoms with E-state index in [1.54, 1.807) is 5.38 Å². The molecule has 174 valence electrons. The van der Waals surface area contributed by atoms with Crippen LogP contribution in [0.15, 0.2) is 26.1 Å². The molecular formula is C17H17N7O5S4. The Kier molecular flexibility index (Phi) is 6.87. The molecule has 2 aliphatic heterocycles. The van der Waals surface area contributed by atoms with Gasteiger partial charge in [-0.05, 0) is 12.5 Å². The Balaban J connectivity index is 1.49. The van der Waals surface area contributed by atoms with Crippen molar-refractivity contribution in [1.82, 2.24) is 25.4 Å². The Morgan fingerprint density at radius 2 is 2.24 bits per heavy atom. The summed E-state index contributed by atoms with van der Waals surface area (Å²) >= 11 is 5.30. The number of nitrogens with one attached hydrogen (secondary N) is 1. The highest BCUT2D eigenvalue weighted by Crippen LogP contribution is 2.41. The molecule has 12 nitrogen and oxygen atoms in total. The van der Waals surface area contributed by atoms with Crippen molar-refractivity contribution < 1.29 is 24.3 Å². The van der Waals surface area contributed by atoms with E-state index in [4.69, 9.17) is 10.6 Å². The second-order valence-corrected chi connectivity index (χ2v) is 11.1. The summed E-state index contributed by atoms with van der Waals surface area (Å²) in [7, 11) is 1.28. The lowest BCUT2D eigenvalue weighted by Crippen LogP contribution is -2.71. The number of amides is 2. The van der Waals surface area contributed by atoms with Gasteiger partial charge in [-0.25, -0.2) is 9.78 Å². The van der Waals surface area contributed by atoms with Gasteiger partial charge in [0, 0.05) is 16.9 Å². The maximum absolute atomic E-state index is 12.9. The third-order valence-corrected chi connectivity index (χ3v) is 8.65. The molecule has 33 heavy (non-hydrogen) atoms. The number of hydrogen-bond acceptors (Lipinski definition) is 13. The summed E-state index contributed by atoms with van der Waals surface area (Å²) in [6.07, 6.45) is 0. The molecule has 2 atom stereocenters. The average molecular weight is 528 g/mol. The molecule has 1 saturated heterocycles. The molecule has 0 aliphatic carbocycles. The van der Waals surface area contributed by atoms with E-state index in [-0.39, 0.29) is 22.2 Å². The monoisotopic (exact) mass is 527 g/mol. The summed E-state index contributed by atoms with van der Waals surface area (Å²) in [6.45, 7) is 1.84. The van der Waals surface area contributed by atoms with Crippen LogP contribution in [0.1, 0.15) is 10.7 Å². The van der Waals surface area contributed by atoms with E-state index in [1.165, 1.54) is 46.9 Å². The van der Waals surface area contributed by atoms with E-state index in [2.05, 4.69) is 25.7 Å². The molecule has 16 heteroatoms. The highest BCUT2D eigenvalue weighted by Gasteiger charge is 2.54. The van der Waals surface area contributed by atoms with E-state index in [9.17, 15) is 19.5 Å². The van der Waals surface area contributed by atoms with Gasteiger partial charge in [0.1, 0.15) is 34.9 Å². The number of aromatic nitrogens is 3. The average Bonchev–Trinajstić information content (AvgIpc) is 3.40. The molecule has 0 aromatic carbocycles. The van der Waals surface area contributed by atoms with Crippen LogP contribution in [0.25, 0.3) is 0 Å². The number of nitrogen functional groups attached to an aromatic ring is 1. The minimum atomic E-state index is -1.19. The normalized spacial score (nSPS) is 20.4. The number of anilines is 1. The SMILES string of the molecule is CO/N=C(/C(=O)NC1C(=O)N2C(C(=O)O)=C(CSc3nnc(C)s3)CSC12)c1csc(N)n1. The molecule has 4 heterocycles. The first-order chi connectivity index (χ1) is 15.8. The second kappa shape index (κ2) is 9.66. The van der Waals surface area contributed by atoms with Gasteiger partial charge in [0.15, 0.2) is 15.2 Å². The van der Waals surface area contributed by atoms with Gasteiger partial charge in [0.2, 0.25) is 0 Å². The highest BCUT2D eigenvalue weighted by molar-refractivity contribution is 8.01.